The van der Waals surface area contributed by atoms with Gasteiger partial charge in [-0.3, -0.25) is 24.2 Å². The van der Waals surface area contributed by atoms with Crippen molar-refractivity contribution in [1.82, 2.24) is 35.7 Å². The highest BCUT2D eigenvalue weighted by Gasteiger charge is 2.55. The number of benzene rings is 6. The summed E-state index contributed by atoms with van der Waals surface area (Å²) in [5.41, 5.74) is 13.2. The number of amides is 3. The van der Waals surface area contributed by atoms with Gasteiger partial charge in [-0.15, -0.1) is 11.3 Å². The third-order valence-corrected chi connectivity index (χ3v) is 29.9. The van der Waals surface area contributed by atoms with Gasteiger partial charge in [-0.25, -0.2) is 29.3 Å². The number of aromatic carboxylic acids is 1. The highest BCUT2D eigenvalue weighted by atomic mass is 79.9. The summed E-state index contributed by atoms with van der Waals surface area (Å²) >= 11 is 46.4. The number of carboxylic acid groups (broad SMARTS) is 1. The maximum Gasteiger partial charge on any atom is 0.337 e. The van der Waals surface area contributed by atoms with Crippen LogP contribution in [0.25, 0.3) is 64.4 Å². The Kier molecular flexibility index (Phi) is 24.6. The van der Waals surface area contributed by atoms with Gasteiger partial charge in [0, 0.05) is 69.3 Å². The van der Waals surface area contributed by atoms with Crippen molar-refractivity contribution in [3.63, 3.8) is 0 Å². The first-order valence-electron chi connectivity index (χ1n) is 40.9. The number of esters is 2. The summed E-state index contributed by atoms with van der Waals surface area (Å²) in [6.07, 6.45) is 12.6. The minimum absolute atomic E-state index is 0.00100. The Morgan fingerprint density at radius 1 is 0.480 bits per heavy atom. The van der Waals surface area contributed by atoms with Gasteiger partial charge in [-0.1, -0.05) is 147 Å². The molecule has 9 heterocycles. The van der Waals surface area contributed by atoms with E-state index in [1.807, 2.05) is 43.9 Å². The molecule has 0 spiro atoms. The average molecular weight is 1900 g/mol. The van der Waals surface area contributed by atoms with Gasteiger partial charge in [-0.05, 0) is 202 Å². The molecule has 6 aliphatic carbocycles. The SMILES string of the molecule is CCc1cc(C(=O)O)cc2sc(N3C(=O)[C@@H]4C[C@H]3C[C@H]4OCc3c(-c4c(Cl)cccc4Cl)noc3C3CC3)nc12.CCc1cc(C(=O)OC)cc2sc(Br)nc12.CCc1cc(C(=O)OC)cc2sc(N3C(=O)[C@@H]4C[C@H]3C[C@H]4OCc3c(-c4c(Cl)cccc4Cl)noc3C3CC3)nc12.O=C1N[C@@H]2C[C@@H](OCc3c(-c4c(Cl)cccc4Cl)noc3C3CC3)[C@H]1C2. The van der Waals surface area contributed by atoms with E-state index in [1.165, 1.54) is 48.2 Å². The molecule has 9 aliphatic rings. The molecule has 3 saturated heterocycles. The second kappa shape index (κ2) is 35.4. The number of carbonyl (C=O) groups is 6. The van der Waals surface area contributed by atoms with Crippen molar-refractivity contribution in [2.45, 2.75) is 191 Å². The first kappa shape index (κ1) is 85.3. The number of anilines is 2. The molecule has 9 fully saturated rings. The number of carbonyl (C=O) groups excluding carboxylic acids is 5. The molecule has 24 nitrogen and oxygen atoms in total. The van der Waals surface area contributed by atoms with E-state index in [-0.39, 0.29) is 103 Å². The average Bonchev–Trinajstić information content (AvgIpc) is 1.59. The van der Waals surface area contributed by atoms with E-state index in [2.05, 4.69) is 41.7 Å². The molecule has 21 rings (SSSR count). The Morgan fingerprint density at radius 2 is 0.829 bits per heavy atom. The molecule has 34 heteroatoms. The van der Waals surface area contributed by atoms with Gasteiger partial charge in [0.2, 0.25) is 17.7 Å². The van der Waals surface area contributed by atoms with Crippen LogP contribution in [0.2, 0.25) is 30.1 Å². The topological polar surface area (TPSA) is 304 Å². The summed E-state index contributed by atoms with van der Waals surface area (Å²) in [6.45, 7) is 6.92. The quantitative estimate of drug-likeness (QED) is 0.0562. The molecule has 12 aromatic rings. The molecule has 0 unspecified atom stereocenters. The lowest BCUT2D eigenvalue weighted by atomic mass is 10.0. The molecular formula is C89H80BrCl6N9O15S3. The van der Waals surface area contributed by atoms with Crippen LogP contribution in [-0.4, -0.2) is 122 Å². The molecule has 6 saturated carbocycles. The van der Waals surface area contributed by atoms with Gasteiger partial charge in [0.1, 0.15) is 34.4 Å². The number of piperidine rings is 3. The van der Waals surface area contributed by atoms with Crippen LogP contribution in [-0.2, 0) is 77.2 Å². The van der Waals surface area contributed by atoms with Crippen LogP contribution in [0, 0.1) is 17.8 Å². The van der Waals surface area contributed by atoms with Crippen LogP contribution in [0.3, 0.4) is 0 Å². The van der Waals surface area contributed by atoms with Crippen molar-refractivity contribution in [2.24, 2.45) is 17.8 Å². The first-order valence-corrected chi connectivity index (χ1v) is 46.4. The minimum atomic E-state index is -0.972. The van der Waals surface area contributed by atoms with Gasteiger partial charge in [0.25, 0.3) is 0 Å². The Morgan fingerprint density at radius 3 is 1.16 bits per heavy atom. The molecular weight excluding hydrogens is 1820 g/mol. The maximum absolute atomic E-state index is 13.6. The van der Waals surface area contributed by atoms with E-state index >= 15 is 0 Å². The fraction of sp³-hybridized carbons (Fsp3) is 0.393. The van der Waals surface area contributed by atoms with Crippen LogP contribution < -0.4 is 15.1 Å². The smallest absolute Gasteiger partial charge is 0.337 e. The van der Waals surface area contributed by atoms with Gasteiger partial charge in [0.15, 0.2) is 14.2 Å². The Labute approximate surface area is 755 Å². The molecule has 3 amide bonds. The maximum atomic E-state index is 13.6. The van der Waals surface area contributed by atoms with E-state index in [0.717, 1.165) is 149 Å². The minimum Gasteiger partial charge on any atom is -0.478 e. The highest BCUT2D eigenvalue weighted by Crippen LogP contribution is 2.53. The Hall–Kier alpha value is -8.46. The second-order valence-electron chi connectivity index (χ2n) is 32.2. The summed E-state index contributed by atoms with van der Waals surface area (Å²) in [4.78, 5) is 92.0. The normalized spacial score (nSPS) is 21.6. The summed E-state index contributed by atoms with van der Waals surface area (Å²) in [5, 5.41) is 29.8. The van der Waals surface area contributed by atoms with Crippen LogP contribution in [0.5, 0.6) is 0 Å². The summed E-state index contributed by atoms with van der Waals surface area (Å²) in [6, 6.07) is 26.9. The third-order valence-electron chi connectivity index (χ3n) is 24.5. The monoisotopic (exact) mass is 1900 g/mol. The number of rotatable bonds is 23. The number of ether oxygens (including phenoxy) is 5. The number of hydrogen-bond donors (Lipinski definition) is 2. The molecule has 6 aromatic heterocycles. The second-order valence-corrected chi connectivity index (χ2v) is 39.0. The van der Waals surface area contributed by atoms with Crippen molar-refractivity contribution < 1.29 is 71.1 Å². The lowest BCUT2D eigenvalue weighted by Crippen LogP contribution is -2.43. The molecule has 3 aliphatic heterocycles. The molecule has 0 radical (unpaired) electrons. The van der Waals surface area contributed by atoms with E-state index in [1.54, 1.807) is 77.7 Å². The van der Waals surface area contributed by atoms with E-state index in [0.29, 0.717) is 142 Å². The van der Waals surface area contributed by atoms with E-state index < -0.39 is 5.97 Å². The zero-order valence-corrected chi connectivity index (χ0v) is 75.5. The molecule has 9 atom stereocenters. The Bertz CT molecular complexity index is 6160. The molecule has 6 bridgehead atoms. The molecule has 638 valence electrons. The number of aromatic nitrogens is 6. The van der Waals surface area contributed by atoms with Crippen molar-refractivity contribution in [1.29, 1.82) is 0 Å². The van der Waals surface area contributed by atoms with E-state index in [4.69, 9.17) is 117 Å². The van der Waals surface area contributed by atoms with Gasteiger partial charge in [-0.2, -0.15) is 0 Å². The van der Waals surface area contributed by atoms with Gasteiger partial charge in [0.05, 0.1) is 148 Å². The van der Waals surface area contributed by atoms with E-state index in [9.17, 15) is 33.9 Å². The summed E-state index contributed by atoms with van der Waals surface area (Å²) < 4.78 is 49.4. The number of fused-ring (bicyclic) bond motifs is 9. The number of hydrogen-bond acceptors (Lipinski definition) is 23. The fourth-order valence-electron chi connectivity index (χ4n) is 17.9. The van der Waals surface area contributed by atoms with Crippen molar-refractivity contribution in [2.75, 3.05) is 24.0 Å². The lowest BCUT2D eigenvalue weighted by molar-refractivity contribution is -0.129. The van der Waals surface area contributed by atoms with Crippen molar-refractivity contribution in [3.8, 4) is 33.8 Å². The molecule has 123 heavy (non-hydrogen) atoms. The van der Waals surface area contributed by atoms with Crippen LogP contribution in [0.4, 0.5) is 10.3 Å². The standard InChI is InChI=1S/C30H27Cl2N3O5S.C29H25Cl2N3O5S.C19H18Cl2N2O3.C11H10BrNO2S/c1-3-14-9-16(29(37)38-2)10-23-25(14)33-30(41-23)35-17-11-18(28(35)36)22(12-17)39-13-19-26(34-40-27(19)15-7-8-15)24-20(31)5-4-6-21(24)32;1-2-13-8-15(28(36)37)9-22-24(13)32-29(40-22)34-16-10-17(27(34)35)21(11-16)38-12-18-25(33-39-26(18)14-6-7-14)23-19(30)4-3-5-20(23)31;20-13-2-1-3-14(21)16(13)17-12(18(26-23-17)9-4-5-9)8-25-15-7-10-6-11(15)19(24)22-10;1-3-6-4-7(10(14)15-2)5-8-9(6)13-11(12)16-8/h4-6,9-10,15,17-18,22H,3,7-8,11-13H2,1-2H3;3-5,8-9,14,16-17,21H,2,6-7,10-12H2,1H3,(H,36,37);1-3,9-11,15H,4-8H2,(H,22,24);4-5H,3H2,1-2H3/t17-,18+,22+;16-,17+,21+;10-,11+,15+;/m000./s1. The van der Waals surface area contributed by atoms with Crippen LogP contribution in [0.15, 0.2) is 108 Å². The number of thiazole rings is 3. The number of carboxylic acids is 1. The number of halogens is 7. The van der Waals surface area contributed by atoms with Gasteiger partial charge < -0.3 is 47.7 Å². The largest absolute Gasteiger partial charge is 0.478 e. The number of nitrogens with zero attached hydrogens (tertiary/aromatic N) is 8. The first-order chi connectivity index (χ1) is 59.5. The lowest BCUT2D eigenvalue weighted by Gasteiger charge is -2.29. The summed E-state index contributed by atoms with van der Waals surface area (Å²) in [5.74, 6) is 1.42. The van der Waals surface area contributed by atoms with Crippen molar-refractivity contribution in [3.05, 3.63) is 192 Å². The zero-order chi connectivity index (χ0) is 85.7. The third kappa shape index (κ3) is 16.7. The van der Waals surface area contributed by atoms with Crippen LogP contribution in [0.1, 0.15) is 197 Å². The predicted octanol–water partition coefficient (Wildman–Crippen LogP) is 22.0. The summed E-state index contributed by atoms with van der Waals surface area (Å²) in [7, 11) is 2.76. The zero-order valence-electron chi connectivity index (χ0n) is 66.9. The van der Waals surface area contributed by atoms with Crippen LogP contribution >= 0.6 is 120 Å². The highest BCUT2D eigenvalue weighted by molar-refractivity contribution is 9.11. The Balaban J connectivity index is 0.000000118. The van der Waals surface area contributed by atoms with Gasteiger partial charge >= 0.3 is 17.9 Å². The molecule has 2 N–H and O–H groups in total. The fourth-order valence-corrected chi connectivity index (χ4v) is 23.4. The van der Waals surface area contributed by atoms with Crippen molar-refractivity contribution >= 4 is 196 Å². The predicted molar refractivity (Wildman–Crippen MR) is 475 cm³/mol. The number of aryl methyl sites for hydroxylation is 3. The molecule has 6 aromatic carbocycles. The number of nitrogens with one attached hydrogen (secondary N) is 1. The number of methoxy groups -OCH3 is 2.